The van der Waals surface area contributed by atoms with Crippen LogP contribution in [0.1, 0.15) is 251 Å². The Hall–Kier alpha value is -1.64. The second-order valence-corrected chi connectivity index (χ2v) is 19.8. The van der Waals surface area contributed by atoms with Crippen molar-refractivity contribution >= 4 is 44.0 Å². The average molecular weight is 984 g/mol. The zero-order valence-electron chi connectivity index (χ0n) is 39.6. The van der Waals surface area contributed by atoms with E-state index in [2.05, 4.69) is 11.7 Å². The number of carboxylic acid groups (broad SMARTS) is 2. The van der Waals surface area contributed by atoms with E-state index in [0.717, 1.165) is 122 Å². The molecule has 0 spiro atoms. The number of hydrogen-bond donors (Lipinski definition) is 5. The Morgan fingerprint density at radius 2 is 0.705 bits per heavy atom. The fourth-order valence-electron chi connectivity index (χ4n) is 6.24. The van der Waals surface area contributed by atoms with E-state index in [-0.39, 0.29) is 24.8 Å². The van der Waals surface area contributed by atoms with Gasteiger partial charge in [0.05, 0.1) is 13.7 Å². The van der Waals surface area contributed by atoms with Crippen molar-refractivity contribution in [2.24, 2.45) is 0 Å². The molecule has 12 nitrogen and oxygen atoms in total. The van der Waals surface area contributed by atoms with E-state index < -0.39 is 32.1 Å². The topological polar surface area (TPSA) is 205 Å². The second kappa shape index (κ2) is 60.4. The molecular formula is C48H96O12Sn. The van der Waals surface area contributed by atoms with Crippen LogP contribution in [0.15, 0.2) is 0 Å². The van der Waals surface area contributed by atoms with Crippen LogP contribution in [0.5, 0.6) is 0 Å². The van der Waals surface area contributed by atoms with Crippen molar-refractivity contribution in [3.8, 4) is 0 Å². The van der Waals surface area contributed by atoms with Crippen LogP contribution < -0.4 is 0 Å². The first-order chi connectivity index (χ1) is 29.5. The summed E-state index contributed by atoms with van der Waals surface area (Å²) in [6.07, 6.45) is 38.5. The van der Waals surface area contributed by atoms with E-state index in [1.54, 1.807) is 0 Å². The molecule has 0 fully saturated rings. The van der Waals surface area contributed by atoms with Gasteiger partial charge in [-0.1, -0.05) is 161 Å². The van der Waals surface area contributed by atoms with Crippen LogP contribution in [0.4, 0.5) is 0 Å². The van der Waals surface area contributed by atoms with Crippen molar-refractivity contribution < 1.29 is 55.6 Å². The summed E-state index contributed by atoms with van der Waals surface area (Å²) in [5, 5.41) is 33.8. The van der Waals surface area contributed by atoms with Gasteiger partial charge in [0, 0.05) is 38.9 Å². The Morgan fingerprint density at radius 1 is 0.410 bits per heavy atom. The summed E-state index contributed by atoms with van der Waals surface area (Å²) < 4.78 is 28.9. The third kappa shape index (κ3) is 76.1. The van der Waals surface area contributed by atoms with Gasteiger partial charge in [-0.05, 0) is 44.9 Å². The van der Waals surface area contributed by atoms with Crippen molar-refractivity contribution in [3.63, 3.8) is 0 Å². The molecule has 0 aliphatic rings. The number of unbranched alkanes of at least 4 members (excludes halogenated alkanes) is 28. The molecule has 5 N–H and O–H groups in total. The molecule has 0 aromatic carbocycles. The van der Waals surface area contributed by atoms with Gasteiger partial charge in [0.2, 0.25) is 0 Å². The molecule has 0 rings (SSSR count). The Kier molecular flexibility index (Phi) is 65.4. The van der Waals surface area contributed by atoms with E-state index in [1.165, 1.54) is 97.0 Å². The van der Waals surface area contributed by atoms with E-state index in [0.29, 0.717) is 37.1 Å². The van der Waals surface area contributed by atoms with E-state index >= 15 is 0 Å². The molecule has 13 heteroatoms. The smallest absolute Gasteiger partial charge is 0.303 e. The minimum atomic E-state index is -2.89. The van der Waals surface area contributed by atoms with Gasteiger partial charge in [0.1, 0.15) is 0 Å². The number of ether oxygens (including phenoxy) is 2. The first kappa shape index (κ1) is 66.0. The molecule has 0 bridgehead atoms. The SMILES string of the molecule is CCCCCCCCCCOC(=O)CCCCCCCCCCC(=O)OC.CCC[CH2][Sn](=[O])[OH].O=C(O)CCCCCCCCCCC(=O)O.OCCCCCCCCCO. The van der Waals surface area contributed by atoms with Gasteiger partial charge < -0.3 is 29.9 Å². The van der Waals surface area contributed by atoms with Crippen LogP contribution in [-0.2, 0) is 31.7 Å². The normalized spacial score (nSPS) is 10.3. The Bertz CT molecular complexity index is 904. The van der Waals surface area contributed by atoms with E-state index in [4.69, 9.17) is 28.6 Å². The molecule has 0 aliphatic heterocycles. The van der Waals surface area contributed by atoms with Crippen molar-refractivity contribution in [3.05, 3.63) is 0 Å². The molecule has 0 aliphatic carbocycles. The second-order valence-electron chi connectivity index (χ2n) is 16.1. The third-order valence-electron chi connectivity index (χ3n) is 10.1. The summed E-state index contributed by atoms with van der Waals surface area (Å²) >= 11 is -2.89. The van der Waals surface area contributed by atoms with Gasteiger partial charge in [0.25, 0.3) is 0 Å². The number of methoxy groups -OCH3 is 1. The number of carbonyl (C=O) groups is 4. The number of aliphatic hydroxyl groups excluding tert-OH is 2. The molecule has 0 atom stereocenters. The number of rotatable bonds is 42. The number of carboxylic acids is 2. The maximum atomic E-state index is 11.7. The monoisotopic (exact) mass is 985 g/mol. The van der Waals surface area contributed by atoms with Gasteiger partial charge in [-0.3, -0.25) is 19.2 Å². The van der Waals surface area contributed by atoms with Crippen LogP contribution in [0.3, 0.4) is 0 Å². The summed E-state index contributed by atoms with van der Waals surface area (Å²) in [6.45, 7) is 5.52. The number of aliphatic hydroxyl groups is 2. The Morgan fingerprint density at radius 3 is 1.00 bits per heavy atom. The van der Waals surface area contributed by atoms with Crippen LogP contribution >= 0.6 is 0 Å². The predicted octanol–water partition coefficient (Wildman–Crippen LogP) is 12.2. The number of hydrogen-bond acceptors (Lipinski definition) is 9. The standard InChI is InChI=1S/C23H44O4.C12H22O4.C9H20O2.C4H9.H2O.O.Sn/c1-3-4-5-6-7-12-15-18-21-27-23(25)20-17-14-11-9-8-10-13-16-19-22(24)26-2;13-11(14)9-7-5-3-1-2-4-6-8-10-12(15)16;10-8-6-4-2-1-3-5-7-9-11;1-3-4-2;;;/h3-21H2,1-2H3;1-10H2,(H,13,14)(H,15,16);10-11H,1-9H2;1,3-4H2,2H3;1H2;;/q;;;;;;+1/p-1. The van der Waals surface area contributed by atoms with E-state index in [1.807, 2.05) is 6.92 Å². The van der Waals surface area contributed by atoms with E-state index in [9.17, 15) is 22.3 Å². The quantitative estimate of drug-likeness (QED) is 0.0220. The van der Waals surface area contributed by atoms with Gasteiger partial charge in [-0.15, -0.1) is 0 Å². The van der Waals surface area contributed by atoms with Crippen molar-refractivity contribution in [2.45, 2.75) is 256 Å². The molecule has 0 saturated heterocycles. The molecule has 0 saturated carbocycles. The minimum absolute atomic E-state index is 0.0271. The summed E-state index contributed by atoms with van der Waals surface area (Å²) in [6, 6.07) is 0. The summed E-state index contributed by atoms with van der Waals surface area (Å²) in [4.78, 5) is 43.1. The largest absolute Gasteiger partial charge is 0.481 e. The summed E-state index contributed by atoms with van der Waals surface area (Å²) in [7, 11) is 1.44. The maximum absolute atomic E-state index is 11.7. The van der Waals surface area contributed by atoms with Crippen LogP contribution in [0, 0.1) is 0 Å². The zero-order chi connectivity index (χ0) is 46.3. The van der Waals surface area contributed by atoms with Crippen molar-refractivity contribution in [1.29, 1.82) is 0 Å². The van der Waals surface area contributed by atoms with Gasteiger partial charge in [-0.2, -0.15) is 0 Å². The fraction of sp³-hybridized carbons (Fsp3) is 0.917. The summed E-state index contributed by atoms with van der Waals surface area (Å²) in [5.41, 5.74) is 0. The van der Waals surface area contributed by atoms with Gasteiger partial charge in [0.15, 0.2) is 0 Å². The Labute approximate surface area is 380 Å². The Balaban J connectivity index is -0.000000402. The molecule has 61 heavy (non-hydrogen) atoms. The number of esters is 2. The van der Waals surface area contributed by atoms with Crippen LogP contribution in [-0.4, -0.2) is 94.8 Å². The number of aliphatic carboxylic acids is 2. The van der Waals surface area contributed by atoms with Crippen LogP contribution in [0.25, 0.3) is 0 Å². The fourth-order valence-corrected chi connectivity index (χ4v) is 8.12. The zero-order valence-corrected chi connectivity index (χ0v) is 42.4. The van der Waals surface area contributed by atoms with Crippen LogP contribution in [0.2, 0.25) is 4.44 Å². The van der Waals surface area contributed by atoms with Crippen molar-refractivity contribution in [2.75, 3.05) is 26.9 Å². The number of carbonyl (C=O) groups excluding carboxylic acids is 2. The third-order valence-corrected chi connectivity index (χ3v) is 12.3. The molecule has 0 amide bonds. The van der Waals surface area contributed by atoms with Gasteiger partial charge >= 0.3 is 74.8 Å². The average Bonchev–Trinajstić information content (AvgIpc) is 3.23. The van der Waals surface area contributed by atoms with Crippen molar-refractivity contribution in [1.82, 2.24) is 0 Å². The molecular weight excluding hydrogens is 887 g/mol. The molecule has 0 aromatic rings. The molecule has 0 aromatic heterocycles. The first-order valence-corrected chi connectivity index (χ1v) is 29.1. The predicted molar refractivity (Wildman–Crippen MR) is 248 cm³/mol. The minimum Gasteiger partial charge on any atom is -0.481 e. The van der Waals surface area contributed by atoms with Gasteiger partial charge in [-0.25, -0.2) is 0 Å². The maximum Gasteiger partial charge on any atom is 0.303 e. The molecule has 0 heterocycles. The molecule has 0 unspecified atom stereocenters. The molecule has 0 radical (unpaired) electrons. The molecule has 364 valence electrons. The summed E-state index contributed by atoms with van der Waals surface area (Å²) in [5.74, 6) is -1.56. The first-order valence-electron chi connectivity index (χ1n) is 24.6.